The molecule has 0 radical (unpaired) electrons. The zero-order valence-electron chi connectivity index (χ0n) is 34.3. The quantitative estimate of drug-likeness (QED) is 0.159. The van der Waals surface area contributed by atoms with Crippen molar-refractivity contribution in [2.75, 3.05) is 9.80 Å². The van der Waals surface area contributed by atoms with E-state index in [1.54, 1.807) is 0 Å². The molecule has 0 saturated carbocycles. The molecule has 10 aromatic carbocycles. The third-order valence-corrected chi connectivity index (χ3v) is 12.6. The Morgan fingerprint density at radius 1 is 0.344 bits per heavy atom. The van der Waals surface area contributed by atoms with E-state index in [1.807, 2.05) is 0 Å². The van der Waals surface area contributed by atoms with E-state index in [1.165, 1.54) is 83.1 Å². The standard InChI is InChI=1S/C59H44N2/c1-59(2)54-26-13-14-27-56(54)61(57-39-35-46(40-55(57)59)51-25-15-18-43-16-9-11-23-50(43)51)58-52-24-12-10-17-44(52)34-38-53(58)45-30-28-41(29-31-45)42-32-36-49(37-33-42)60(47-19-5-3-6-20-47)48-21-7-4-8-22-48/h3-40H,1-2H3. The number of rotatable bonds is 7. The lowest BCUT2D eigenvalue weighted by atomic mass is 9.72. The fourth-order valence-electron chi connectivity index (χ4n) is 9.56. The van der Waals surface area contributed by atoms with Crippen molar-refractivity contribution in [3.05, 3.63) is 242 Å². The topological polar surface area (TPSA) is 6.48 Å². The molecule has 0 fully saturated rings. The molecule has 1 aliphatic rings. The Labute approximate surface area is 358 Å². The SMILES string of the molecule is CC1(C)c2ccccc2N(c2c(-c3ccc(-c4ccc(N(c5ccccc5)c5ccccc5)cc4)cc3)ccc3ccccc23)c2ccc(-c3cccc4ccccc34)cc21. The van der Waals surface area contributed by atoms with Crippen LogP contribution in [0.15, 0.2) is 231 Å². The molecule has 0 aliphatic carbocycles. The molecular weight excluding hydrogens is 737 g/mol. The predicted molar refractivity (Wildman–Crippen MR) is 259 cm³/mol. The van der Waals surface area contributed by atoms with Gasteiger partial charge in [-0.3, -0.25) is 0 Å². The summed E-state index contributed by atoms with van der Waals surface area (Å²) in [6.07, 6.45) is 0. The van der Waals surface area contributed by atoms with E-state index in [-0.39, 0.29) is 5.41 Å². The van der Waals surface area contributed by atoms with Crippen LogP contribution in [-0.4, -0.2) is 0 Å². The van der Waals surface area contributed by atoms with Crippen LogP contribution >= 0.6 is 0 Å². The highest BCUT2D eigenvalue weighted by Crippen LogP contribution is 2.55. The molecule has 0 unspecified atom stereocenters. The lowest BCUT2D eigenvalue weighted by Gasteiger charge is -2.43. The molecule has 0 bridgehead atoms. The molecule has 2 nitrogen and oxygen atoms in total. The van der Waals surface area contributed by atoms with Gasteiger partial charge in [0.1, 0.15) is 0 Å². The summed E-state index contributed by atoms with van der Waals surface area (Å²) in [6.45, 7) is 4.76. The second kappa shape index (κ2) is 14.9. The minimum Gasteiger partial charge on any atom is -0.311 e. The Kier molecular flexibility index (Phi) is 8.86. The average Bonchev–Trinajstić information content (AvgIpc) is 3.32. The van der Waals surface area contributed by atoms with Gasteiger partial charge in [-0.05, 0) is 110 Å². The van der Waals surface area contributed by atoms with Gasteiger partial charge in [0.2, 0.25) is 0 Å². The smallest absolute Gasteiger partial charge is 0.0618 e. The summed E-state index contributed by atoms with van der Waals surface area (Å²) in [5.41, 5.74) is 16.6. The van der Waals surface area contributed by atoms with Gasteiger partial charge in [-0.15, -0.1) is 0 Å². The van der Waals surface area contributed by atoms with Crippen LogP contribution in [0.4, 0.5) is 34.1 Å². The Morgan fingerprint density at radius 3 is 1.56 bits per heavy atom. The largest absolute Gasteiger partial charge is 0.311 e. The van der Waals surface area contributed by atoms with E-state index < -0.39 is 0 Å². The summed E-state index contributed by atoms with van der Waals surface area (Å²) in [4.78, 5) is 4.84. The van der Waals surface area contributed by atoms with Crippen LogP contribution in [0, 0.1) is 0 Å². The molecule has 10 aromatic rings. The zero-order chi connectivity index (χ0) is 40.9. The van der Waals surface area contributed by atoms with Gasteiger partial charge in [-0.2, -0.15) is 0 Å². The monoisotopic (exact) mass is 780 g/mol. The fraction of sp³-hybridized carbons (Fsp3) is 0.0508. The third kappa shape index (κ3) is 6.27. The summed E-state index contributed by atoms with van der Waals surface area (Å²) in [6, 6.07) is 84.1. The van der Waals surface area contributed by atoms with Crippen LogP contribution in [0.1, 0.15) is 25.0 Å². The average molecular weight is 781 g/mol. The molecular formula is C59H44N2. The number of para-hydroxylation sites is 3. The number of hydrogen-bond acceptors (Lipinski definition) is 2. The van der Waals surface area contributed by atoms with Crippen LogP contribution < -0.4 is 9.80 Å². The number of fused-ring (bicyclic) bond motifs is 4. The van der Waals surface area contributed by atoms with Crippen molar-refractivity contribution in [3.8, 4) is 33.4 Å². The minimum atomic E-state index is -0.232. The Balaban J connectivity index is 1.02. The lowest BCUT2D eigenvalue weighted by Crippen LogP contribution is -2.31. The van der Waals surface area contributed by atoms with Gasteiger partial charge in [-0.1, -0.05) is 190 Å². The molecule has 0 amide bonds. The minimum absolute atomic E-state index is 0.232. The summed E-state index contributed by atoms with van der Waals surface area (Å²) in [5, 5.41) is 4.96. The maximum atomic E-state index is 2.54. The van der Waals surface area contributed by atoms with E-state index in [0.717, 1.165) is 17.1 Å². The van der Waals surface area contributed by atoms with Crippen LogP contribution in [0.2, 0.25) is 0 Å². The lowest BCUT2D eigenvalue weighted by molar-refractivity contribution is 0.632. The molecule has 0 aromatic heterocycles. The zero-order valence-corrected chi connectivity index (χ0v) is 34.3. The van der Waals surface area contributed by atoms with E-state index in [2.05, 4.69) is 254 Å². The molecule has 0 spiro atoms. The van der Waals surface area contributed by atoms with Gasteiger partial charge in [0, 0.05) is 33.4 Å². The Bertz CT molecular complexity index is 3160. The summed E-state index contributed by atoms with van der Waals surface area (Å²) in [5.74, 6) is 0. The van der Waals surface area contributed by atoms with E-state index in [9.17, 15) is 0 Å². The van der Waals surface area contributed by atoms with Gasteiger partial charge >= 0.3 is 0 Å². The highest BCUT2D eigenvalue weighted by atomic mass is 15.2. The Morgan fingerprint density at radius 2 is 0.852 bits per heavy atom. The van der Waals surface area contributed by atoms with Crippen molar-refractivity contribution in [2.45, 2.75) is 19.3 Å². The summed E-state index contributed by atoms with van der Waals surface area (Å²) in [7, 11) is 0. The number of nitrogens with zero attached hydrogens (tertiary/aromatic N) is 2. The normalized spacial score (nSPS) is 12.9. The summed E-state index contributed by atoms with van der Waals surface area (Å²) < 4.78 is 0. The van der Waals surface area contributed by atoms with Crippen LogP contribution in [0.3, 0.4) is 0 Å². The molecule has 0 saturated heterocycles. The molecule has 2 heteroatoms. The van der Waals surface area contributed by atoms with Crippen molar-refractivity contribution in [1.82, 2.24) is 0 Å². The van der Waals surface area contributed by atoms with Crippen molar-refractivity contribution in [2.24, 2.45) is 0 Å². The van der Waals surface area contributed by atoms with Crippen molar-refractivity contribution >= 4 is 55.7 Å². The maximum Gasteiger partial charge on any atom is 0.0618 e. The number of benzene rings is 10. The molecule has 290 valence electrons. The fourth-order valence-corrected chi connectivity index (χ4v) is 9.56. The van der Waals surface area contributed by atoms with Gasteiger partial charge in [0.05, 0.1) is 17.1 Å². The predicted octanol–water partition coefficient (Wildman–Crippen LogP) is 16.6. The van der Waals surface area contributed by atoms with Crippen LogP contribution in [-0.2, 0) is 5.41 Å². The first-order chi connectivity index (χ1) is 30.0. The molecule has 1 aliphatic heterocycles. The Hall–Kier alpha value is -7.68. The van der Waals surface area contributed by atoms with Crippen LogP contribution in [0.25, 0.3) is 54.9 Å². The van der Waals surface area contributed by atoms with Gasteiger partial charge in [0.15, 0.2) is 0 Å². The number of anilines is 6. The highest BCUT2D eigenvalue weighted by molar-refractivity contribution is 6.08. The second-order valence-electron chi connectivity index (χ2n) is 16.5. The summed E-state index contributed by atoms with van der Waals surface area (Å²) >= 11 is 0. The third-order valence-electron chi connectivity index (χ3n) is 12.6. The first-order valence-corrected chi connectivity index (χ1v) is 21.2. The van der Waals surface area contributed by atoms with E-state index in [0.29, 0.717) is 0 Å². The van der Waals surface area contributed by atoms with Gasteiger partial charge in [-0.25, -0.2) is 0 Å². The van der Waals surface area contributed by atoms with Crippen molar-refractivity contribution in [3.63, 3.8) is 0 Å². The molecule has 0 atom stereocenters. The first-order valence-electron chi connectivity index (χ1n) is 21.2. The van der Waals surface area contributed by atoms with Crippen molar-refractivity contribution < 1.29 is 0 Å². The van der Waals surface area contributed by atoms with E-state index in [4.69, 9.17) is 0 Å². The molecule has 0 N–H and O–H groups in total. The van der Waals surface area contributed by atoms with Gasteiger partial charge < -0.3 is 9.80 Å². The maximum absolute atomic E-state index is 2.54. The van der Waals surface area contributed by atoms with Crippen molar-refractivity contribution in [1.29, 1.82) is 0 Å². The van der Waals surface area contributed by atoms with Gasteiger partial charge in [0.25, 0.3) is 0 Å². The first kappa shape index (κ1) is 36.4. The molecule has 11 rings (SSSR count). The molecule has 1 heterocycles. The van der Waals surface area contributed by atoms with Crippen LogP contribution in [0.5, 0.6) is 0 Å². The highest BCUT2D eigenvalue weighted by Gasteiger charge is 2.38. The molecule has 61 heavy (non-hydrogen) atoms. The number of hydrogen-bond donors (Lipinski definition) is 0. The second-order valence-corrected chi connectivity index (χ2v) is 16.5. The van der Waals surface area contributed by atoms with E-state index >= 15 is 0 Å².